The summed E-state index contributed by atoms with van der Waals surface area (Å²) in [4.78, 5) is 20.9. The number of carbonyl (C=O) groups is 1. The van der Waals surface area contributed by atoms with Gasteiger partial charge in [-0.15, -0.1) is 0 Å². The van der Waals surface area contributed by atoms with Crippen LogP contribution in [0.15, 0.2) is 79.0 Å². The van der Waals surface area contributed by atoms with E-state index >= 15 is 0 Å². The molecule has 3 aromatic carbocycles. The van der Waals surface area contributed by atoms with E-state index in [0.29, 0.717) is 5.75 Å². The number of aromatic nitrogens is 2. The molecule has 0 saturated heterocycles. The van der Waals surface area contributed by atoms with Gasteiger partial charge in [0.15, 0.2) is 0 Å². The number of pyridine rings is 1. The maximum absolute atomic E-state index is 13.7. The molecule has 0 bridgehead atoms. The Morgan fingerprint density at radius 1 is 1.02 bits per heavy atom. The summed E-state index contributed by atoms with van der Waals surface area (Å²) in [6.45, 7) is 5.77. The Morgan fingerprint density at radius 3 is 2.45 bits per heavy atom. The predicted molar refractivity (Wildman–Crippen MR) is 167 cm³/mol. The quantitative estimate of drug-likeness (QED) is 0.171. The van der Waals surface area contributed by atoms with Crippen molar-refractivity contribution in [3.63, 3.8) is 0 Å². The third-order valence-corrected chi connectivity index (χ3v) is 13.0. The molecule has 1 N–H and O–H groups in total. The van der Waals surface area contributed by atoms with Gasteiger partial charge in [0, 0.05) is 0 Å². The fraction of sp³-hybridized carbons (Fsp3) is 0.182. The molecule has 42 heavy (non-hydrogen) atoms. The van der Waals surface area contributed by atoms with Crippen LogP contribution in [-0.4, -0.2) is 57.1 Å². The summed E-state index contributed by atoms with van der Waals surface area (Å²) in [5.41, 5.74) is 7.00. The van der Waals surface area contributed by atoms with Crippen molar-refractivity contribution in [2.45, 2.75) is 32.0 Å². The predicted octanol–water partition coefficient (Wildman–Crippen LogP) is 6.36. The van der Waals surface area contributed by atoms with Crippen molar-refractivity contribution < 1.29 is 19.0 Å². The molecule has 0 aliphatic heterocycles. The molecule has 5 rings (SSSR count). The van der Waals surface area contributed by atoms with E-state index in [1.165, 1.54) is 26.1 Å². The van der Waals surface area contributed by atoms with Crippen LogP contribution >= 0.6 is 11.6 Å². The molecule has 2 aromatic heterocycles. The molecule has 1 unspecified atom stereocenters. The number of carboxylic acids is 1. The van der Waals surface area contributed by atoms with Crippen LogP contribution in [0.3, 0.4) is 0 Å². The molecule has 214 valence electrons. The standard InChI is InChI=1S/C33H28ClFN2O3Se2/c1-19-4-7-23(8-5-19)33-37-21(3)32(42-33)30(41-25-10-13-29(20(2)14-25)40-18-31(38)39)15-22-6-12-28(36-17-22)24-9-11-27(35)26(34)16-24/h4-14,16-17,30H,15,18H2,1-3H3,(H,38,39). The fourth-order valence-electron chi connectivity index (χ4n) is 4.46. The molecule has 1 atom stereocenters. The first-order valence-corrected chi connectivity index (χ1v) is 17.2. The number of aryl methyl sites for hydroxylation is 3. The molecular weight excluding hydrogens is 685 g/mol. The molecule has 0 aliphatic carbocycles. The average Bonchev–Trinajstić information content (AvgIpc) is 3.36. The van der Waals surface area contributed by atoms with E-state index in [9.17, 15) is 9.18 Å². The van der Waals surface area contributed by atoms with Crippen molar-refractivity contribution in [1.29, 1.82) is 0 Å². The number of ether oxygens (including phenoxy) is 1. The first-order valence-electron chi connectivity index (χ1n) is 13.2. The van der Waals surface area contributed by atoms with Crippen LogP contribution in [0.1, 0.15) is 31.6 Å². The number of carboxylic acid groups (broad SMARTS) is 1. The summed E-state index contributed by atoms with van der Waals surface area (Å²) >= 11 is 6.15. The van der Waals surface area contributed by atoms with Crippen LogP contribution < -0.4 is 9.20 Å². The molecule has 9 heteroatoms. The summed E-state index contributed by atoms with van der Waals surface area (Å²) in [6.07, 6.45) is 2.70. The van der Waals surface area contributed by atoms with Crippen molar-refractivity contribution in [2.75, 3.05) is 6.61 Å². The molecular formula is C33H28ClFN2O3Se2. The molecule has 0 amide bonds. The second-order valence-corrected chi connectivity index (χ2v) is 15.2. The average molecular weight is 713 g/mol. The zero-order chi connectivity index (χ0) is 29.8. The molecule has 0 saturated carbocycles. The summed E-state index contributed by atoms with van der Waals surface area (Å²) in [7, 11) is 0. The van der Waals surface area contributed by atoms with Gasteiger partial charge in [-0.1, -0.05) is 0 Å². The van der Waals surface area contributed by atoms with Gasteiger partial charge in [0.25, 0.3) is 0 Å². The van der Waals surface area contributed by atoms with Crippen LogP contribution in [0.4, 0.5) is 4.39 Å². The Labute approximate surface area is 261 Å². The van der Waals surface area contributed by atoms with Crippen molar-refractivity contribution in [1.82, 2.24) is 9.97 Å². The Balaban J connectivity index is 1.44. The van der Waals surface area contributed by atoms with Gasteiger partial charge in [-0.2, -0.15) is 0 Å². The SMILES string of the molecule is Cc1ccc(-c2nc(C)c(C(Cc3ccc(-c4ccc(F)c(Cl)c4)nc3)[Se]c3ccc(OCC(=O)O)c(C)c3)[se]2)cc1. The molecule has 0 spiro atoms. The van der Waals surface area contributed by atoms with Crippen molar-refractivity contribution >= 4 is 51.5 Å². The number of nitrogens with zero attached hydrogens (tertiary/aromatic N) is 2. The van der Waals surface area contributed by atoms with Crippen LogP contribution in [0.25, 0.3) is 21.4 Å². The van der Waals surface area contributed by atoms with E-state index in [1.807, 2.05) is 31.3 Å². The van der Waals surface area contributed by atoms with Gasteiger partial charge in [-0.25, -0.2) is 0 Å². The molecule has 2 heterocycles. The maximum atomic E-state index is 13.7. The van der Waals surface area contributed by atoms with E-state index in [4.69, 9.17) is 26.4 Å². The topological polar surface area (TPSA) is 72.3 Å². The van der Waals surface area contributed by atoms with Gasteiger partial charge in [0.1, 0.15) is 0 Å². The Morgan fingerprint density at radius 2 is 1.79 bits per heavy atom. The van der Waals surface area contributed by atoms with Crippen LogP contribution in [-0.2, 0) is 11.2 Å². The van der Waals surface area contributed by atoms with Gasteiger partial charge in [-0.05, 0) is 0 Å². The molecule has 0 aliphatic rings. The first kappa shape index (κ1) is 30.2. The van der Waals surface area contributed by atoms with Crippen molar-refractivity contribution in [2.24, 2.45) is 0 Å². The van der Waals surface area contributed by atoms with Crippen molar-refractivity contribution in [3.05, 3.63) is 117 Å². The van der Waals surface area contributed by atoms with E-state index in [2.05, 4.69) is 55.2 Å². The zero-order valence-corrected chi connectivity index (χ0v) is 27.4. The molecule has 5 nitrogen and oxygen atoms in total. The number of benzene rings is 3. The number of hydrogen-bond donors (Lipinski definition) is 1. The monoisotopic (exact) mass is 714 g/mol. The van der Waals surface area contributed by atoms with Crippen LogP contribution in [0, 0.1) is 26.6 Å². The Bertz CT molecular complexity index is 1720. The molecule has 5 aromatic rings. The van der Waals surface area contributed by atoms with Crippen molar-refractivity contribution in [3.8, 4) is 27.1 Å². The minimum atomic E-state index is -1.000. The fourth-order valence-corrected chi connectivity index (χ4v) is 10.6. The molecule has 0 fully saturated rings. The van der Waals surface area contributed by atoms with E-state index < -0.39 is 11.8 Å². The van der Waals surface area contributed by atoms with E-state index in [-0.39, 0.29) is 45.9 Å². The van der Waals surface area contributed by atoms with Gasteiger partial charge >= 0.3 is 263 Å². The number of aliphatic carboxylic acids is 1. The summed E-state index contributed by atoms with van der Waals surface area (Å²) in [5.74, 6) is -0.868. The molecule has 0 radical (unpaired) electrons. The summed E-state index contributed by atoms with van der Waals surface area (Å²) in [6, 6.07) is 23.2. The van der Waals surface area contributed by atoms with Gasteiger partial charge in [0.2, 0.25) is 0 Å². The minimum absolute atomic E-state index is 0.0653. The van der Waals surface area contributed by atoms with Crippen LogP contribution in [0.2, 0.25) is 5.02 Å². The van der Waals surface area contributed by atoms with E-state index in [1.54, 1.807) is 12.1 Å². The van der Waals surface area contributed by atoms with Gasteiger partial charge < -0.3 is 0 Å². The number of halogens is 2. The number of rotatable bonds is 10. The third kappa shape index (κ3) is 7.38. The van der Waals surface area contributed by atoms with Gasteiger partial charge in [-0.3, -0.25) is 0 Å². The Hall–Kier alpha value is -3.25. The summed E-state index contributed by atoms with van der Waals surface area (Å²) in [5, 5.41) is 9.06. The van der Waals surface area contributed by atoms with Crippen LogP contribution in [0.5, 0.6) is 5.75 Å². The third-order valence-electron chi connectivity index (χ3n) is 6.66. The normalized spacial score (nSPS) is 11.8. The second kappa shape index (κ2) is 13.4. The Kier molecular flexibility index (Phi) is 9.62. The number of hydrogen-bond acceptors (Lipinski definition) is 4. The summed E-state index contributed by atoms with van der Waals surface area (Å²) < 4.78 is 22.8. The van der Waals surface area contributed by atoms with Gasteiger partial charge in [0.05, 0.1) is 0 Å². The first-order chi connectivity index (χ1) is 20.2. The zero-order valence-electron chi connectivity index (χ0n) is 23.2. The second-order valence-electron chi connectivity index (χ2n) is 9.94. The van der Waals surface area contributed by atoms with E-state index in [0.717, 1.165) is 39.1 Å².